The second-order valence-corrected chi connectivity index (χ2v) is 7.39. The molecule has 1 heterocycles. The van der Waals surface area contributed by atoms with Crippen LogP contribution < -0.4 is 10.1 Å². The van der Waals surface area contributed by atoms with Gasteiger partial charge in [0.2, 0.25) is 11.8 Å². The Kier molecular flexibility index (Phi) is 6.89. The van der Waals surface area contributed by atoms with Crippen molar-refractivity contribution in [3.05, 3.63) is 22.7 Å². The summed E-state index contributed by atoms with van der Waals surface area (Å²) in [7, 11) is 1.55. The number of halogens is 1. The molecular weight excluding hydrogens is 354 g/mol. The molecule has 1 fully saturated rings. The Labute approximate surface area is 160 Å². The lowest BCUT2D eigenvalue weighted by molar-refractivity contribution is -0.136. The standard InChI is InChI=1S/C19H28ClN3O3/c1-12(2)19(25)23-8-6-22(7-9-23)14(4)18(24)21-16-10-13(3)15(20)11-17(16)26-5/h10-12,14H,6-9H2,1-5H3,(H,21,24)/t14-/m1/s1. The molecule has 2 rings (SSSR count). The number of amides is 2. The number of hydrogen-bond acceptors (Lipinski definition) is 4. The summed E-state index contributed by atoms with van der Waals surface area (Å²) < 4.78 is 5.31. The first kappa shape index (κ1) is 20.5. The summed E-state index contributed by atoms with van der Waals surface area (Å²) in [6.07, 6.45) is 0. The summed E-state index contributed by atoms with van der Waals surface area (Å²) in [6, 6.07) is 3.21. The second-order valence-electron chi connectivity index (χ2n) is 6.98. The van der Waals surface area contributed by atoms with Crippen LogP contribution in [0.2, 0.25) is 5.02 Å². The molecule has 0 radical (unpaired) electrons. The molecule has 144 valence electrons. The molecule has 26 heavy (non-hydrogen) atoms. The van der Waals surface area contributed by atoms with E-state index in [9.17, 15) is 9.59 Å². The van der Waals surface area contributed by atoms with Crippen LogP contribution in [-0.2, 0) is 9.59 Å². The van der Waals surface area contributed by atoms with E-state index in [2.05, 4.69) is 10.2 Å². The minimum atomic E-state index is -0.299. The Hall–Kier alpha value is -1.79. The first-order valence-electron chi connectivity index (χ1n) is 8.92. The van der Waals surface area contributed by atoms with E-state index in [1.807, 2.05) is 38.7 Å². The van der Waals surface area contributed by atoms with Gasteiger partial charge in [-0.25, -0.2) is 0 Å². The van der Waals surface area contributed by atoms with E-state index < -0.39 is 0 Å². The molecule has 0 aromatic heterocycles. The third-order valence-electron chi connectivity index (χ3n) is 4.79. The van der Waals surface area contributed by atoms with E-state index in [0.29, 0.717) is 42.6 Å². The number of aryl methyl sites for hydroxylation is 1. The van der Waals surface area contributed by atoms with Gasteiger partial charge in [0.15, 0.2) is 0 Å². The fraction of sp³-hybridized carbons (Fsp3) is 0.579. The van der Waals surface area contributed by atoms with Crippen LogP contribution in [-0.4, -0.2) is 60.9 Å². The minimum absolute atomic E-state index is 0.00267. The lowest BCUT2D eigenvalue weighted by Crippen LogP contribution is -2.54. The van der Waals surface area contributed by atoms with Crippen LogP contribution in [0, 0.1) is 12.8 Å². The topological polar surface area (TPSA) is 61.9 Å². The number of carbonyl (C=O) groups excluding carboxylic acids is 2. The lowest BCUT2D eigenvalue weighted by Gasteiger charge is -2.38. The van der Waals surface area contributed by atoms with Crippen LogP contribution in [0.1, 0.15) is 26.3 Å². The molecule has 1 saturated heterocycles. The van der Waals surface area contributed by atoms with Crippen LogP contribution in [0.15, 0.2) is 12.1 Å². The molecule has 2 amide bonds. The average molecular weight is 382 g/mol. The van der Waals surface area contributed by atoms with Crippen LogP contribution in [0.25, 0.3) is 0 Å². The van der Waals surface area contributed by atoms with Crippen molar-refractivity contribution in [3.8, 4) is 5.75 Å². The first-order chi connectivity index (χ1) is 12.2. The molecule has 7 heteroatoms. The number of anilines is 1. The highest BCUT2D eigenvalue weighted by Gasteiger charge is 2.28. The zero-order valence-electron chi connectivity index (χ0n) is 16.1. The maximum absolute atomic E-state index is 12.7. The number of hydrogen-bond donors (Lipinski definition) is 1. The molecule has 6 nitrogen and oxygen atoms in total. The molecule has 0 unspecified atom stereocenters. The highest BCUT2D eigenvalue weighted by Crippen LogP contribution is 2.31. The Balaban J connectivity index is 1.99. The molecule has 0 spiro atoms. The van der Waals surface area contributed by atoms with Gasteiger partial charge in [0.1, 0.15) is 5.75 Å². The van der Waals surface area contributed by atoms with Gasteiger partial charge >= 0.3 is 0 Å². The average Bonchev–Trinajstić information content (AvgIpc) is 2.63. The van der Waals surface area contributed by atoms with E-state index in [4.69, 9.17) is 16.3 Å². The molecule has 0 saturated carbocycles. The molecule has 1 N–H and O–H groups in total. The smallest absolute Gasteiger partial charge is 0.241 e. The van der Waals surface area contributed by atoms with Crippen LogP contribution >= 0.6 is 11.6 Å². The van der Waals surface area contributed by atoms with Crippen molar-refractivity contribution >= 4 is 29.1 Å². The Morgan fingerprint density at radius 1 is 1.15 bits per heavy atom. The zero-order valence-corrected chi connectivity index (χ0v) is 16.9. The van der Waals surface area contributed by atoms with Crippen molar-refractivity contribution in [1.29, 1.82) is 0 Å². The van der Waals surface area contributed by atoms with Gasteiger partial charge in [0, 0.05) is 43.2 Å². The van der Waals surface area contributed by atoms with Crippen LogP contribution in [0.5, 0.6) is 5.75 Å². The van der Waals surface area contributed by atoms with Crippen molar-refractivity contribution in [2.75, 3.05) is 38.6 Å². The summed E-state index contributed by atoms with van der Waals surface area (Å²) in [6.45, 7) is 10.2. The van der Waals surface area contributed by atoms with E-state index in [-0.39, 0.29) is 23.8 Å². The zero-order chi connectivity index (χ0) is 19.4. The molecule has 0 bridgehead atoms. The van der Waals surface area contributed by atoms with Crippen LogP contribution in [0.4, 0.5) is 5.69 Å². The van der Waals surface area contributed by atoms with Crippen molar-refractivity contribution in [2.45, 2.75) is 33.7 Å². The van der Waals surface area contributed by atoms with Crippen molar-refractivity contribution in [3.63, 3.8) is 0 Å². The van der Waals surface area contributed by atoms with Crippen LogP contribution in [0.3, 0.4) is 0 Å². The molecular formula is C19H28ClN3O3. The maximum atomic E-state index is 12.7. The quantitative estimate of drug-likeness (QED) is 0.851. The maximum Gasteiger partial charge on any atom is 0.241 e. The number of methoxy groups -OCH3 is 1. The summed E-state index contributed by atoms with van der Waals surface area (Å²) in [5.41, 5.74) is 1.48. The molecule has 1 atom stereocenters. The van der Waals surface area contributed by atoms with Gasteiger partial charge in [-0.15, -0.1) is 0 Å². The number of carbonyl (C=O) groups is 2. The SMILES string of the molecule is COc1cc(Cl)c(C)cc1NC(=O)[C@@H](C)N1CCN(C(=O)C(C)C)CC1. The van der Waals surface area contributed by atoms with Gasteiger partial charge in [-0.2, -0.15) is 0 Å². The number of nitrogens with one attached hydrogen (secondary N) is 1. The Morgan fingerprint density at radius 2 is 1.77 bits per heavy atom. The largest absolute Gasteiger partial charge is 0.495 e. The third kappa shape index (κ3) is 4.68. The number of nitrogens with zero attached hydrogens (tertiary/aromatic N) is 2. The van der Waals surface area contributed by atoms with Gasteiger partial charge in [0.25, 0.3) is 0 Å². The van der Waals surface area contributed by atoms with Gasteiger partial charge in [-0.1, -0.05) is 25.4 Å². The normalized spacial score (nSPS) is 16.5. The molecule has 0 aliphatic carbocycles. The van der Waals surface area contributed by atoms with E-state index in [1.165, 1.54) is 0 Å². The number of ether oxygens (including phenoxy) is 1. The number of benzene rings is 1. The van der Waals surface area contributed by atoms with E-state index in [1.54, 1.807) is 13.2 Å². The molecule has 1 aromatic carbocycles. The van der Waals surface area contributed by atoms with Crippen molar-refractivity contribution in [2.24, 2.45) is 5.92 Å². The third-order valence-corrected chi connectivity index (χ3v) is 5.19. The summed E-state index contributed by atoms with van der Waals surface area (Å²) in [5, 5.41) is 3.53. The molecule has 1 aromatic rings. The van der Waals surface area contributed by atoms with Crippen molar-refractivity contribution in [1.82, 2.24) is 9.80 Å². The number of rotatable bonds is 5. The summed E-state index contributed by atoms with van der Waals surface area (Å²) in [4.78, 5) is 28.7. The molecule has 1 aliphatic rings. The van der Waals surface area contributed by atoms with Gasteiger partial charge < -0.3 is 15.0 Å². The Morgan fingerprint density at radius 3 is 2.31 bits per heavy atom. The lowest BCUT2D eigenvalue weighted by atomic mass is 10.1. The second kappa shape index (κ2) is 8.73. The van der Waals surface area contributed by atoms with E-state index in [0.717, 1.165) is 5.56 Å². The van der Waals surface area contributed by atoms with Gasteiger partial charge in [-0.05, 0) is 25.5 Å². The summed E-state index contributed by atoms with van der Waals surface area (Å²) in [5.74, 6) is 0.605. The highest BCUT2D eigenvalue weighted by molar-refractivity contribution is 6.31. The predicted molar refractivity (Wildman–Crippen MR) is 104 cm³/mol. The fourth-order valence-corrected chi connectivity index (χ4v) is 3.18. The Bertz CT molecular complexity index is 670. The first-order valence-corrected chi connectivity index (χ1v) is 9.30. The minimum Gasteiger partial charge on any atom is -0.495 e. The monoisotopic (exact) mass is 381 g/mol. The fourth-order valence-electron chi connectivity index (χ4n) is 3.03. The van der Waals surface area contributed by atoms with Crippen molar-refractivity contribution < 1.29 is 14.3 Å². The summed E-state index contributed by atoms with van der Waals surface area (Å²) >= 11 is 6.11. The molecule has 1 aliphatic heterocycles. The van der Waals surface area contributed by atoms with Gasteiger partial charge in [-0.3, -0.25) is 14.5 Å². The van der Waals surface area contributed by atoms with E-state index >= 15 is 0 Å². The number of piperazine rings is 1. The van der Waals surface area contributed by atoms with Gasteiger partial charge in [0.05, 0.1) is 18.8 Å². The highest BCUT2D eigenvalue weighted by atomic mass is 35.5. The predicted octanol–water partition coefficient (Wildman–Crippen LogP) is 2.78.